The molecule has 0 saturated heterocycles. The Morgan fingerprint density at radius 3 is 2.62 bits per heavy atom. The predicted octanol–water partition coefficient (Wildman–Crippen LogP) is 1.04. The number of primary amides is 1. The zero-order valence-electron chi connectivity index (χ0n) is 6.68. The van der Waals surface area contributed by atoms with Crippen LogP contribution in [0.5, 0.6) is 0 Å². The van der Waals surface area contributed by atoms with Crippen LogP contribution in [0.15, 0.2) is 12.1 Å². The van der Waals surface area contributed by atoms with Gasteiger partial charge in [0.2, 0.25) is 5.91 Å². The maximum absolute atomic E-state index is 13.0. The lowest BCUT2D eigenvalue weighted by molar-refractivity contribution is -0.117. The Kier molecular flexibility index (Phi) is 3.07. The molecule has 0 heterocycles. The Labute approximate surface area is 88.4 Å². The predicted molar refractivity (Wildman–Crippen MR) is 56.4 cm³/mol. The second kappa shape index (κ2) is 3.91. The topological polar surface area (TPSA) is 69.1 Å². The summed E-state index contributed by atoms with van der Waals surface area (Å²) in [5.41, 5.74) is 11.0. The van der Waals surface area contributed by atoms with E-state index in [1.165, 1.54) is 6.07 Å². The first-order valence-corrected chi connectivity index (χ1v) is 4.60. The maximum Gasteiger partial charge on any atom is 0.221 e. The highest BCUT2D eigenvalue weighted by Crippen LogP contribution is 2.20. The normalized spacial score (nSPS) is 10.0. The standard InChI is InChI=1S/C8H8FIN2O/c9-5-1-4(3-7(11)13)2-6(10)8(5)12/h1-2H,3,12H2,(H2,11,13). The molecule has 1 rings (SSSR count). The molecule has 0 atom stereocenters. The minimum atomic E-state index is -0.511. The third-order valence-electron chi connectivity index (χ3n) is 1.52. The van der Waals surface area contributed by atoms with Gasteiger partial charge in [0.05, 0.1) is 12.1 Å². The molecule has 0 aromatic heterocycles. The van der Waals surface area contributed by atoms with Crippen molar-refractivity contribution in [2.24, 2.45) is 5.73 Å². The molecule has 4 N–H and O–H groups in total. The van der Waals surface area contributed by atoms with E-state index in [2.05, 4.69) is 0 Å². The van der Waals surface area contributed by atoms with E-state index in [9.17, 15) is 9.18 Å². The summed E-state index contributed by atoms with van der Waals surface area (Å²) in [4.78, 5) is 10.5. The molecule has 3 nitrogen and oxygen atoms in total. The zero-order valence-corrected chi connectivity index (χ0v) is 8.84. The summed E-state index contributed by atoms with van der Waals surface area (Å²) in [5, 5.41) is 0. The average Bonchev–Trinajstić information content (AvgIpc) is 1.98. The minimum absolute atomic E-state index is 0.0349. The van der Waals surface area contributed by atoms with Crippen LogP contribution in [-0.2, 0) is 11.2 Å². The van der Waals surface area contributed by atoms with Gasteiger partial charge in [0.1, 0.15) is 5.82 Å². The van der Waals surface area contributed by atoms with Crippen molar-refractivity contribution in [3.05, 3.63) is 27.1 Å². The molecule has 0 spiro atoms. The first-order valence-electron chi connectivity index (χ1n) is 3.52. The van der Waals surface area contributed by atoms with E-state index in [0.717, 1.165) is 0 Å². The Morgan fingerprint density at radius 1 is 1.54 bits per heavy atom. The maximum atomic E-state index is 13.0. The van der Waals surface area contributed by atoms with Crippen LogP contribution in [0.1, 0.15) is 5.56 Å². The minimum Gasteiger partial charge on any atom is -0.395 e. The van der Waals surface area contributed by atoms with Crippen molar-refractivity contribution in [1.82, 2.24) is 0 Å². The first kappa shape index (κ1) is 10.2. The summed E-state index contributed by atoms with van der Waals surface area (Å²) in [6, 6.07) is 2.87. The van der Waals surface area contributed by atoms with Crippen molar-refractivity contribution < 1.29 is 9.18 Å². The second-order valence-electron chi connectivity index (χ2n) is 2.62. The molecule has 0 unspecified atom stereocenters. The number of hydrogen-bond acceptors (Lipinski definition) is 2. The average molecular weight is 294 g/mol. The van der Waals surface area contributed by atoms with Crippen LogP contribution in [0.4, 0.5) is 10.1 Å². The van der Waals surface area contributed by atoms with Gasteiger partial charge in [0.25, 0.3) is 0 Å². The van der Waals surface area contributed by atoms with E-state index in [0.29, 0.717) is 9.13 Å². The van der Waals surface area contributed by atoms with E-state index >= 15 is 0 Å². The molecule has 0 saturated carbocycles. The SMILES string of the molecule is NC(=O)Cc1cc(F)c(N)c(I)c1. The van der Waals surface area contributed by atoms with Crippen molar-refractivity contribution in [3.8, 4) is 0 Å². The van der Waals surface area contributed by atoms with Crippen molar-refractivity contribution in [2.45, 2.75) is 6.42 Å². The fourth-order valence-corrected chi connectivity index (χ4v) is 1.60. The number of carbonyl (C=O) groups excluding carboxylic acids is 1. The van der Waals surface area contributed by atoms with Gasteiger partial charge < -0.3 is 11.5 Å². The summed E-state index contributed by atoms with van der Waals surface area (Å²) < 4.78 is 13.6. The summed E-state index contributed by atoms with van der Waals surface area (Å²) in [6.45, 7) is 0. The number of anilines is 1. The largest absolute Gasteiger partial charge is 0.395 e. The third kappa shape index (κ3) is 2.55. The molecule has 70 valence electrons. The summed E-state index contributed by atoms with van der Waals surface area (Å²) in [7, 11) is 0. The highest BCUT2D eigenvalue weighted by atomic mass is 127. The molecule has 0 aliphatic heterocycles. The third-order valence-corrected chi connectivity index (χ3v) is 2.41. The molecule has 1 aromatic rings. The Hall–Kier alpha value is -0.850. The zero-order chi connectivity index (χ0) is 10.0. The number of nitrogen functional groups attached to an aromatic ring is 1. The molecule has 0 aliphatic carbocycles. The smallest absolute Gasteiger partial charge is 0.221 e. The number of rotatable bonds is 2. The summed E-state index contributed by atoms with van der Waals surface area (Å²) >= 11 is 1.91. The second-order valence-corrected chi connectivity index (χ2v) is 3.78. The van der Waals surface area contributed by atoms with Gasteiger partial charge in [-0.05, 0) is 40.3 Å². The van der Waals surface area contributed by atoms with Crippen LogP contribution < -0.4 is 11.5 Å². The number of nitrogens with two attached hydrogens (primary N) is 2. The van der Waals surface area contributed by atoms with E-state index in [-0.39, 0.29) is 12.1 Å². The quantitative estimate of drug-likeness (QED) is 0.632. The van der Waals surface area contributed by atoms with Gasteiger partial charge in [-0.15, -0.1) is 0 Å². The molecule has 0 aliphatic rings. The number of amides is 1. The van der Waals surface area contributed by atoms with Crippen LogP contribution >= 0.6 is 22.6 Å². The number of hydrogen-bond donors (Lipinski definition) is 2. The highest BCUT2D eigenvalue weighted by Gasteiger charge is 2.07. The Morgan fingerprint density at radius 2 is 2.15 bits per heavy atom. The Bertz CT molecular complexity index is 331. The van der Waals surface area contributed by atoms with Crippen LogP contribution in [-0.4, -0.2) is 5.91 Å². The number of benzene rings is 1. The van der Waals surface area contributed by atoms with E-state index in [1.807, 2.05) is 22.6 Å². The van der Waals surface area contributed by atoms with Gasteiger partial charge in [-0.1, -0.05) is 0 Å². The van der Waals surface area contributed by atoms with Gasteiger partial charge in [0, 0.05) is 3.57 Å². The molecule has 5 heteroatoms. The number of halogens is 2. The number of carbonyl (C=O) groups is 1. The first-order chi connectivity index (χ1) is 6.00. The van der Waals surface area contributed by atoms with E-state index < -0.39 is 11.7 Å². The van der Waals surface area contributed by atoms with Crippen LogP contribution in [0.2, 0.25) is 0 Å². The van der Waals surface area contributed by atoms with E-state index in [4.69, 9.17) is 11.5 Å². The highest BCUT2D eigenvalue weighted by molar-refractivity contribution is 14.1. The van der Waals surface area contributed by atoms with Crippen LogP contribution in [0, 0.1) is 9.39 Å². The molecule has 0 radical (unpaired) electrons. The molecular formula is C8H8FIN2O. The van der Waals surface area contributed by atoms with Gasteiger partial charge in [0.15, 0.2) is 0 Å². The van der Waals surface area contributed by atoms with Gasteiger partial charge in [-0.3, -0.25) is 4.79 Å². The van der Waals surface area contributed by atoms with Gasteiger partial charge >= 0.3 is 0 Å². The lowest BCUT2D eigenvalue weighted by Gasteiger charge is -2.03. The molecular weight excluding hydrogens is 286 g/mol. The van der Waals surface area contributed by atoms with Crippen molar-refractivity contribution >= 4 is 34.2 Å². The van der Waals surface area contributed by atoms with Crippen molar-refractivity contribution in [2.75, 3.05) is 5.73 Å². The molecule has 0 bridgehead atoms. The van der Waals surface area contributed by atoms with Gasteiger partial charge in [-0.25, -0.2) is 4.39 Å². The van der Waals surface area contributed by atoms with E-state index in [1.54, 1.807) is 6.07 Å². The van der Waals surface area contributed by atoms with Crippen LogP contribution in [0.25, 0.3) is 0 Å². The molecule has 0 fully saturated rings. The fourth-order valence-electron chi connectivity index (χ4n) is 0.940. The monoisotopic (exact) mass is 294 g/mol. The summed E-state index contributed by atoms with van der Waals surface area (Å²) in [6.07, 6.45) is 0.0349. The van der Waals surface area contributed by atoms with Crippen LogP contribution in [0.3, 0.4) is 0 Å². The fraction of sp³-hybridized carbons (Fsp3) is 0.125. The molecule has 1 amide bonds. The molecule has 1 aromatic carbocycles. The summed E-state index contributed by atoms with van der Waals surface area (Å²) in [5.74, 6) is -0.997. The Balaban J connectivity index is 3.06. The van der Waals surface area contributed by atoms with Crippen molar-refractivity contribution in [3.63, 3.8) is 0 Å². The van der Waals surface area contributed by atoms with Gasteiger partial charge in [-0.2, -0.15) is 0 Å². The molecule has 13 heavy (non-hydrogen) atoms. The van der Waals surface area contributed by atoms with Crippen molar-refractivity contribution in [1.29, 1.82) is 0 Å². The lowest BCUT2D eigenvalue weighted by Crippen LogP contribution is -2.14. The lowest BCUT2D eigenvalue weighted by atomic mass is 10.1.